The highest BCUT2D eigenvalue weighted by atomic mass is 16.1. The number of allylic oxidation sites excluding steroid dienone is 2. The van der Waals surface area contributed by atoms with E-state index in [1.54, 1.807) is 0 Å². The van der Waals surface area contributed by atoms with E-state index in [1.165, 1.54) is 0 Å². The molecule has 0 bridgehead atoms. The Kier molecular flexibility index (Phi) is 3.05. The molecule has 2 aliphatic rings. The Morgan fingerprint density at radius 1 is 0.826 bits per heavy atom. The summed E-state index contributed by atoms with van der Waals surface area (Å²) in [5.74, 6) is 0.142. The summed E-state index contributed by atoms with van der Waals surface area (Å²) in [6, 6.07) is 20.1. The van der Waals surface area contributed by atoms with Crippen molar-refractivity contribution in [1.29, 1.82) is 0 Å². The van der Waals surface area contributed by atoms with E-state index < -0.39 is 5.54 Å². The van der Waals surface area contributed by atoms with Crippen LogP contribution in [0, 0.1) is 0 Å². The van der Waals surface area contributed by atoms with Crippen molar-refractivity contribution in [3.8, 4) is 0 Å². The van der Waals surface area contributed by atoms with Crippen molar-refractivity contribution in [2.45, 2.75) is 12.5 Å². The molecule has 4 rings (SSSR count). The summed E-state index contributed by atoms with van der Waals surface area (Å²) < 4.78 is 0. The minimum atomic E-state index is -0.648. The van der Waals surface area contributed by atoms with Crippen molar-refractivity contribution in [1.82, 2.24) is 4.90 Å². The van der Waals surface area contributed by atoms with Crippen LogP contribution in [0.1, 0.15) is 18.1 Å². The van der Waals surface area contributed by atoms with Crippen molar-refractivity contribution in [3.63, 3.8) is 0 Å². The van der Waals surface area contributed by atoms with Crippen molar-refractivity contribution in [2.75, 3.05) is 0 Å². The Bertz CT molecular complexity index is 846. The Labute approximate surface area is 136 Å². The van der Waals surface area contributed by atoms with Crippen LogP contribution in [0.4, 0.5) is 0 Å². The number of benzene rings is 2. The van der Waals surface area contributed by atoms with Crippen LogP contribution in [-0.2, 0) is 4.79 Å². The number of nitrogens with zero attached hydrogens (tertiary/aromatic N) is 1. The van der Waals surface area contributed by atoms with Gasteiger partial charge in [-0.05, 0) is 24.1 Å². The molecule has 2 aromatic rings. The maximum atomic E-state index is 13.3. The first-order valence-electron chi connectivity index (χ1n) is 7.77. The van der Waals surface area contributed by atoms with E-state index in [0.29, 0.717) is 0 Å². The summed E-state index contributed by atoms with van der Waals surface area (Å²) in [7, 11) is 0. The number of ketones is 1. The molecular weight excluding hydrogens is 282 g/mol. The fourth-order valence-electron chi connectivity index (χ4n) is 3.34. The van der Waals surface area contributed by atoms with Crippen molar-refractivity contribution in [3.05, 3.63) is 96.2 Å². The average molecular weight is 299 g/mol. The molecule has 1 unspecified atom stereocenters. The molecule has 2 aliphatic heterocycles. The first-order valence-corrected chi connectivity index (χ1v) is 7.77. The maximum Gasteiger partial charge on any atom is 0.195 e. The first kappa shape index (κ1) is 13.8. The van der Waals surface area contributed by atoms with Gasteiger partial charge in [-0.3, -0.25) is 4.79 Å². The van der Waals surface area contributed by atoms with Gasteiger partial charge in [-0.15, -0.1) is 0 Å². The number of hydrogen-bond acceptors (Lipinski definition) is 2. The quantitative estimate of drug-likeness (QED) is 0.825. The lowest BCUT2D eigenvalue weighted by Crippen LogP contribution is -2.43. The predicted octanol–water partition coefficient (Wildman–Crippen LogP) is 4.28. The molecule has 0 aromatic heterocycles. The lowest BCUT2D eigenvalue weighted by molar-refractivity contribution is -0.118. The van der Waals surface area contributed by atoms with Gasteiger partial charge in [0, 0.05) is 6.20 Å². The highest BCUT2D eigenvalue weighted by Gasteiger charge is 2.48. The summed E-state index contributed by atoms with van der Waals surface area (Å²) in [6.45, 7) is 1.98. The molecule has 0 spiro atoms. The molecule has 112 valence electrons. The molecule has 2 heteroatoms. The summed E-state index contributed by atoms with van der Waals surface area (Å²) in [5, 5.41) is 0. The second kappa shape index (κ2) is 5.10. The minimum absolute atomic E-state index is 0.142. The molecule has 23 heavy (non-hydrogen) atoms. The zero-order valence-electron chi connectivity index (χ0n) is 12.9. The summed E-state index contributed by atoms with van der Waals surface area (Å²) in [6.07, 6.45) is 7.90. The molecule has 1 atom stereocenters. The summed E-state index contributed by atoms with van der Waals surface area (Å²) >= 11 is 0. The number of carbonyl (C=O) groups is 1. The molecular formula is C21H17NO. The Morgan fingerprint density at radius 2 is 1.43 bits per heavy atom. The number of rotatable bonds is 2. The van der Waals surface area contributed by atoms with Gasteiger partial charge in [0.05, 0.1) is 11.3 Å². The second-order valence-electron chi connectivity index (χ2n) is 6.00. The van der Waals surface area contributed by atoms with Gasteiger partial charge < -0.3 is 4.90 Å². The molecule has 0 aliphatic carbocycles. The molecule has 0 amide bonds. The third-order valence-electron chi connectivity index (χ3n) is 4.54. The molecule has 0 saturated heterocycles. The number of fused-ring (bicyclic) bond motifs is 1. The van der Waals surface area contributed by atoms with Crippen LogP contribution in [0.5, 0.6) is 0 Å². The van der Waals surface area contributed by atoms with E-state index in [1.807, 2.05) is 79.9 Å². The summed E-state index contributed by atoms with van der Waals surface area (Å²) in [4.78, 5) is 15.4. The van der Waals surface area contributed by atoms with E-state index >= 15 is 0 Å². The highest BCUT2D eigenvalue weighted by Crippen LogP contribution is 2.45. The number of Topliss-reactive ketones (excluding diaryl/α,β-unsaturated/α-hetero) is 1. The zero-order chi connectivity index (χ0) is 15.9. The van der Waals surface area contributed by atoms with Gasteiger partial charge in [0.2, 0.25) is 0 Å². The summed E-state index contributed by atoms with van der Waals surface area (Å²) in [5.41, 5.74) is 3.14. The molecule has 0 N–H and O–H groups in total. The third-order valence-corrected chi connectivity index (χ3v) is 4.54. The van der Waals surface area contributed by atoms with Gasteiger partial charge >= 0.3 is 0 Å². The van der Waals surface area contributed by atoms with Crippen LogP contribution in [0.25, 0.3) is 11.3 Å². The molecule has 2 nitrogen and oxygen atoms in total. The minimum Gasteiger partial charge on any atom is -0.330 e. The van der Waals surface area contributed by atoms with Crippen molar-refractivity contribution in [2.24, 2.45) is 0 Å². The lowest BCUT2D eigenvalue weighted by Gasteiger charge is -2.34. The van der Waals surface area contributed by atoms with Crippen molar-refractivity contribution >= 4 is 17.1 Å². The lowest BCUT2D eigenvalue weighted by atomic mass is 9.89. The van der Waals surface area contributed by atoms with Crippen LogP contribution in [0.3, 0.4) is 0 Å². The van der Waals surface area contributed by atoms with Crippen LogP contribution in [0.15, 0.2) is 85.1 Å². The fourth-order valence-corrected chi connectivity index (χ4v) is 3.34. The van der Waals surface area contributed by atoms with Gasteiger partial charge in [-0.1, -0.05) is 72.8 Å². The molecule has 2 aromatic carbocycles. The normalized spacial score (nSPS) is 22.7. The molecule has 2 heterocycles. The molecule has 0 fully saturated rings. The van der Waals surface area contributed by atoms with E-state index in [-0.39, 0.29) is 5.78 Å². The van der Waals surface area contributed by atoms with Crippen LogP contribution in [0.2, 0.25) is 0 Å². The SMILES string of the molecule is CC12C=CC=CN1C(c1ccccc1)=C(c1ccccc1)C2=O. The Morgan fingerprint density at radius 3 is 2.09 bits per heavy atom. The van der Waals surface area contributed by atoms with E-state index in [4.69, 9.17) is 0 Å². The van der Waals surface area contributed by atoms with E-state index in [0.717, 1.165) is 22.4 Å². The van der Waals surface area contributed by atoms with E-state index in [2.05, 4.69) is 17.0 Å². The monoisotopic (exact) mass is 299 g/mol. The van der Waals surface area contributed by atoms with Gasteiger partial charge in [0.1, 0.15) is 5.54 Å². The van der Waals surface area contributed by atoms with Crippen LogP contribution < -0.4 is 0 Å². The largest absolute Gasteiger partial charge is 0.330 e. The smallest absolute Gasteiger partial charge is 0.195 e. The van der Waals surface area contributed by atoms with Gasteiger partial charge in [0.25, 0.3) is 0 Å². The van der Waals surface area contributed by atoms with Crippen LogP contribution >= 0.6 is 0 Å². The zero-order valence-corrected chi connectivity index (χ0v) is 12.9. The standard InChI is InChI=1S/C21H17NO/c1-21-14-8-9-15-22(21)19(17-12-6-3-7-13-17)18(20(21)23)16-10-4-2-5-11-16/h2-15H,1H3. The Balaban J connectivity index is 2.01. The third kappa shape index (κ3) is 1.99. The molecule has 0 radical (unpaired) electrons. The number of carbonyl (C=O) groups excluding carboxylic acids is 1. The van der Waals surface area contributed by atoms with E-state index in [9.17, 15) is 4.79 Å². The molecule has 0 saturated carbocycles. The Hall–Kier alpha value is -2.87. The predicted molar refractivity (Wildman–Crippen MR) is 93.2 cm³/mol. The first-order chi connectivity index (χ1) is 11.2. The van der Waals surface area contributed by atoms with Gasteiger partial charge in [-0.25, -0.2) is 0 Å². The van der Waals surface area contributed by atoms with Gasteiger partial charge in [0.15, 0.2) is 5.78 Å². The highest BCUT2D eigenvalue weighted by molar-refractivity contribution is 6.35. The van der Waals surface area contributed by atoms with Gasteiger partial charge in [-0.2, -0.15) is 0 Å². The van der Waals surface area contributed by atoms with Crippen LogP contribution in [-0.4, -0.2) is 16.2 Å². The second-order valence-corrected chi connectivity index (χ2v) is 6.00. The maximum absolute atomic E-state index is 13.3. The topological polar surface area (TPSA) is 20.3 Å². The average Bonchev–Trinajstić information content (AvgIpc) is 2.84. The van der Waals surface area contributed by atoms with Crippen molar-refractivity contribution < 1.29 is 4.79 Å². The number of hydrogen-bond donors (Lipinski definition) is 0. The fraction of sp³-hybridized carbons (Fsp3) is 0.0952.